The molecular formula is C29H40ClN3O5. The highest BCUT2D eigenvalue weighted by molar-refractivity contribution is 6.34. The fourth-order valence-corrected chi connectivity index (χ4v) is 4.25. The molecule has 3 amide bonds. The summed E-state index contributed by atoms with van der Waals surface area (Å²) in [6, 6.07) is 8.03. The predicted octanol–water partition coefficient (Wildman–Crippen LogP) is 6.27. The van der Waals surface area contributed by atoms with Crippen molar-refractivity contribution in [3.63, 3.8) is 0 Å². The number of anilines is 1. The Morgan fingerprint density at radius 2 is 1.61 bits per heavy atom. The Balaban J connectivity index is 2.65. The molecule has 0 heterocycles. The van der Waals surface area contributed by atoms with Crippen LogP contribution in [0.4, 0.5) is 10.5 Å². The summed E-state index contributed by atoms with van der Waals surface area (Å²) in [7, 11) is 0. The van der Waals surface area contributed by atoms with Gasteiger partial charge in [-0.25, -0.2) is 4.79 Å². The first-order valence-corrected chi connectivity index (χ1v) is 13.0. The molecule has 0 aliphatic rings. The van der Waals surface area contributed by atoms with E-state index in [1.165, 1.54) is 11.8 Å². The summed E-state index contributed by atoms with van der Waals surface area (Å²) >= 11 is 6.39. The molecule has 2 unspecified atom stereocenters. The van der Waals surface area contributed by atoms with Gasteiger partial charge in [0.15, 0.2) is 0 Å². The maximum Gasteiger partial charge on any atom is 0.408 e. The zero-order chi connectivity index (χ0) is 29.0. The number of benzene rings is 2. The van der Waals surface area contributed by atoms with Crippen molar-refractivity contribution in [3.8, 4) is 5.75 Å². The smallest absolute Gasteiger partial charge is 0.408 e. The van der Waals surface area contributed by atoms with Crippen LogP contribution in [-0.2, 0) is 14.3 Å². The maximum absolute atomic E-state index is 14.0. The van der Waals surface area contributed by atoms with Crippen molar-refractivity contribution in [2.45, 2.75) is 92.0 Å². The second-order valence-corrected chi connectivity index (χ2v) is 11.5. The van der Waals surface area contributed by atoms with Gasteiger partial charge in [0, 0.05) is 11.1 Å². The first kappa shape index (κ1) is 31.0. The molecule has 0 aromatic heterocycles. The van der Waals surface area contributed by atoms with Crippen molar-refractivity contribution in [1.29, 1.82) is 0 Å². The molecule has 0 bridgehead atoms. The topological polar surface area (TPSA) is 108 Å². The van der Waals surface area contributed by atoms with Gasteiger partial charge in [-0.2, -0.15) is 0 Å². The molecule has 0 radical (unpaired) electrons. The fourth-order valence-electron chi connectivity index (χ4n) is 3.98. The van der Waals surface area contributed by atoms with Gasteiger partial charge in [0.2, 0.25) is 5.91 Å². The minimum Gasteiger partial charge on any atom is -0.507 e. The summed E-state index contributed by atoms with van der Waals surface area (Å²) < 4.78 is 5.33. The van der Waals surface area contributed by atoms with Crippen LogP contribution in [0.3, 0.4) is 0 Å². The number of amides is 3. The molecule has 8 nitrogen and oxygen atoms in total. The number of hydrogen-bond donors (Lipinski definition) is 3. The molecule has 208 valence electrons. The van der Waals surface area contributed by atoms with Crippen LogP contribution in [0.1, 0.15) is 77.6 Å². The van der Waals surface area contributed by atoms with Gasteiger partial charge >= 0.3 is 6.09 Å². The van der Waals surface area contributed by atoms with Crippen molar-refractivity contribution < 1.29 is 24.2 Å². The number of phenolic OH excluding ortho intramolecular Hbond substituents is 1. The van der Waals surface area contributed by atoms with Crippen LogP contribution < -0.4 is 10.6 Å². The Bertz CT molecular complexity index is 1170. The molecule has 2 atom stereocenters. The van der Waals surface area contributed by atoms with Crippen molar-refractivity contribution >= 4 is 35.2 Å². The average molecular weight is 546 g/mol. The summed E-state index contributed by atoms with van der Waals surface area (Å²) in [5.74, 6) is -1.16. The summed E-state index contributed by atoms with van der Waals surface area (Å²) in [5, 5.41) is 16.8. The van der Waals surface area contributed by atoms with E-state index in [0.717, 1.165) is 5.56 Å². The molecule has 0 spiro atoms. The monoisotopic (exact) mass is 545 g/mol. The first-order chi connectivity index (χ1) is 17.5. The van der Waals surface area contributed by atoms with Crippen LogP contribution >= 0.6 is 11.6 Å². The number of aromatic hydroxyl groups is 1. The molecule has 0 aliphatic heterocycles. The van der Waals surface area contributed by atoms with Crippen molar-refractivity contribution in [2.24, 2.45) is 0 Å². The van der Waals surface area contributed by atoms with Crippen molar-refractivity contribution in [3.05, 3.63) is 58.1 Å². The van der Waals surface area contributed by atoms with E-state index in [9.17, 15) is 19.5 Å². The molecule has 0 aliphatic carbocycles. The van der Waals surface area contributed by atoms with Crippen LogP contribution in [-0.4, -0.2) is 45.1 Å². The van der Waals surface area contributed by atoms with Crippen LogP contribution in [0, 0.1) is 13.8 Å². The van der Waals surface area contributed by atoms with Gasteiger partial charge in [-0.1, -0.05) is 48.9 Å². The highest BCUT2D eigenvalue weighted by atomic mass is 35.5. The molecule has 0 saturated carbocycles. The molecule has 9 heteroatoms. The lowest BCUT2D eigenvalue weighted by atomic mass is 9.91. The Kier molecular flexibility index (Phi) is 9.83. The summed E-state index contributed by atoms with van der Waals surface area (Å²) in [5.41, 5.74) is 0.359. The number of carbonyl (C=O) groups is 3. The number of phenols is 1. The van der Waals surface area contributed by atoms with Crippen LogP contribution in [0.15, 0.2) is 36.4 Å². The van der Waals surface area contributed by atoms with E-state index in [4.69, 9.17) is 16.3 Å². The van der Waals surface area contributed by atoms with Gasteiger partial charge in [0.25, 0.3) is 5.91 Å². The molecule has 0 saturated heterocycles. The van der Waals surface area contributed by atoms with E-state index in [-0.39, 0.29) is 11.3 Å². The summed E-state index contributed by atoms with van der Waals surface area (Å²) in [6.07, 6.45) is -0.266. The zero-order valence-corrected chi connectivity index (χ0v) is 24.5. The second kappa shape index (κ2) is 12.1. The number of ether oxygens (including phenoxy) is 1. The molecular weight excluding hydrogens is 506 g/mol. The molecule has 0 fully saturated rings. The number of aryl methyl sites for hydroxylation is 2. The van der Waals surface area contributed by atoms with E-state index in [1.54, 1.807) is 58.0 Å². The van der Waals surface area contributed by atoms with Gasteiger partial charge in [0.05, 0.1) is 10.7 Å². The lowest BCUT2D eigenvalue weighted by Crippen LogP contribution is -2.58. The summed E-state index contributed by atoms with van der Waals surface area (Å²) in [6.45, 7) is 15.8. The highest BCUT2D eigenvalue weighted by Crippen LogP contribution is 2.38. The quantitative estimate of drug-likeness (QED) is 0.362. The molecule has 2 aromatic rings. The number of alkyl carbamates (subject to hydrolysis) is 1. The van der Waals surface area contributed by atoms with Gasteiger partial charge < -0.3 is 25.4 Å². The van der Waals surface area contributed by atoms with E-state index >= 15 is 0 Å². The lowest BCUT2D eigenvalue weighted by Gasteiger charge is -2.44. The largest absolute Gasteiger partial charge is 0.507 e. The van der Waals surface area contributed by atoms with E-state index < -0.39 is 41.1 Å². The van der Waals surface area contributed by atoms with Gasteiger partial charge in [-0.15, -0.1) is 0 Å². The maximum atomic E-state index is 14.0. The third-order valence-corrected chi connectivity index (χ3v) is 6.71. The number of hydrogen-bond acceptors (Lipinski definition) is 5. The predicted molar refractivity (Wildman–Crippen MR) is 150 cm³/mol. The standard InChI is InChI=1S/C29H40ClN3O5/c1-10-29(8,9)33(26(36)19(4)31-27(37)38-28(5,6)7)23(20-15-11-14-18(3)24(20)34)25(35)32-22-17(2)13-12-16-21(22)30/h11-16,19,23,34H,10H2,1-9H3,(H,31,37)(H,32,35). The number of carbonyl (C=O) groups excluding carboxylic acids is 3. The third-order valence-electron chi connectivity index (χ3n) is 6.40. The van der Waals surface area contributed by atoms with Crippen LogP contribution in [0.25, 0.3) is 0 Å². The Labute approximate surface area is 230 Å². The Morgan fingerprint density at radius 1 is 1.03 bits per heavy atom. The summed E-state index contributed by atoms with van der Waals surface area (Å²) in [4.78, 5) is 41.9. The molecule has 2 rings (SSSR count). The van der Waals surface area contributed by atoms with Crippen LogP contribution in [0.5, 0.6) is 5.75 Å². The van der Waals surface area contributed by atoms with Gasteiger partial charge in [-0.3, -0.25) is 9.59 Å². The lowest BCUT2D eigenvalue weighted by molar-refractivity contribution is -0.147. The number of rotatable bonds is 8. The molecule has 3 N–H and O–H groups in total. The average Bonchev–Trinajstić information content (AvgIpc) is 2.80. The van der Waals surface area contributed by atoms with Gasteiger partial charge in [-0.05, 0) is 79.0 Å². The fraction of sp³-hybridized carbons (Fsp3) is 0.483. The Morgan fingerprint density at radius 3 is 2.16 bits per heavy atom. The van der Waals surface area contributed by atoms with Crippen molar-refractivity contribution in [2.75, 3.05) is 5.32 Å². The second-order valence-electron chi connectivity index (χ2n) is 11.1. The third kappa shape index (κ3) is 7.40. The minimum absolute atomic E-state index is 0.0963. The SMILES string of the molecule is CCC(C)(C)N(C(=O)C(C)NC(=O)OC(C)(C)C)C(C(=O)Nc1c(C)cccc1Cl)c1cccc(C)c1O. The molecule has 38 heavy (non-hydrogen) atoms. The normalized spacial score (nSPS) is 13.3. The van der Waals surface area contributed by atoms with E-state index in [0.29, 0.717) is 22.7 Å². The Hall–Kier alpha value is -3.26. The first-order valence-electron chi connectivity index (χ1n) is 12.7. The zero-order valence-electron chi connectivity index (χ0n) is 23.7. The molecule has 2 aromatic carbocycles. The van der Waals surface area contributed by atoms with E-state index in [1.807, 2.05) is 33.8 Å². The number of nitrogens with one attached hydrogen (secondary N) is 2. The van der Waals surface area contributed by atoms with Crippen molar-refractivity contribution in [1.82, 2.24) is 10.2 Å². The number of nitrogens with zero attached hydrogens (tertiary/aromatic N) is 1. The van der Waals surface area contributed by atoms with E-state index in [2.05, 4.69) is 10.6 Å². The number of para-hydroxylation sites is 2. The number of halogens is 1. The van der Waals surface area contributed by atoms with Crippen LogP contribution in [0.2, 0.25) is 5.02 Å². The highest BCUT2D eigenvalue weighted by Gasteiger charge is 2.43. The van der Waals surface area contributed by atoms with Gasteiger partial charge in [0.1, 0.15) is 23.4 Å². The minimum atomic E-state index is -1.24.